The van der Waals surface area contributed by atoms with Crippen LogP contribution in [0.4, 0.5) is 11.4 Å². The molecule has 5 aromatic rings. The molecule has 0 spiro atoms. The van der Waals surface area contributed by atoms with Gasteiger partial charge in [-0.15, -0.1) is 11.3 Å². The van der Waals surface area contributed by atoms with Gasteiger partial charge in [0.05, 0.1) is 0 Å². The van der Waals surface area contributed by atoms with Gasteiger partial charge >= 0.3 is 0 Å². The Morgan fingerprint density at radius 1 is 0.457 bits per heavy atom. The van der Waals surface area contributed by atoms with Crippen molar-refractivity contribution in [2.24, 2.45) is 0 Å². The molecule has 5 heteroatoms. The summed E-state index contributed by atoms with van der Waals surface area (Å²) in [7, 11) is 0. The van der Waals surface area contributed by atoms with E-state index in [0.29, 0.717) is 11.7 Å². The van der Waals surface area contributed by atoms with Crippen molar-refractivity contribution in [3.05, 3.63) is 132 Å². The van der Waals surface area contributed by atoms with Crippen LogP contribution in [0.5, 0.6) is 0 Å². The van der Waals surface area contributed by atoms with Crippen LogP contribution in [-0.2, 0) is 0 Å². The first kappa shape index (κ1) is 22.3. The first-order valence-corrected chi connectivity index (χ1v) is 12.1. The standard InChI is InChI=1S/C30H24N4S/c31-29(23-7-3-1-4-8-23)33-25-15-11-21(12-16-25)27-19-20-28(35-27)22-13-17-26(18-14-22)34-30(32)24-9-5-2-6-10-24/h1-20H,(H2,31,33)(H2,32,34). The van der Waals surface area contributed by atoms with Gasteiger partial charge in [0.2, 0.25) is 0 Å². The van der Waals surface area contributed by atoms with Crippen molar-refractivity contribution in [2.75, 3.05) is 10.6 Å². The molecule has 35 heavy (non-hydrogen) atoms. The molecule has 0 aliphatic rings. The lowest BCUT2D eigenvalue weighted by Gasteiger charge is -2.09. The normalized spacial score (nSPS) is 10.5. The van der Waals surface area contributed by atoms with Gasteiger partial charge in [-0.25, -0.2) is 0 Å². The van der Waals surface area contributed by atoms with E-state index in [1.54, 1.807) is 11.3 Å². The number of nitrogens with one attached hydrogen (secondary N) is 4. The van der Waals surface area contributed by atoms with Gasteiger partial charge in [0.15, 0.2) is 0 Å². The summed E-state index contributed by atoms with van der Waals surface area (Å²) in [5, 5.41) is 22.8. The number of benzene rings is 4. The fourth-order valence-corrected chi connectivity index (χ4v) is 4.74. The van der Waals surface area contributed by atoms with Gasteiger partial charge < -0.3 is 10.6 Å². The van der Waals surface area contributed by atoms with Crippen LogP contribution in [0.25, 0.3) is 20.9 Å². The Hall–Kier alpha value is -4.48. The number of amidine groups is 2. The molecule has 0 unspecified atom stereocenters. The third kappa shape index (κ3) is 5.37. The zero-order valence-electron chi connectivity index (χ0n) is 19.0. The Kier molecular flexibility index (Phi) is 6.50. The van der Waals surface area contributed by atoms with Crippen molar-refractivity contribution in [1.82, 2.24) is 0 Å². The molecule has 0 saturated heterocycles. The lowest BCUT2D eigenvalue weighted by molar-refractivity contribution is 1.44. The third-order valence-corrected chi connectivity index (χ3v) is 6.79. The van der Waals surface area contributed by atoms with Crippen LogP contribution in [0.15, 0.2) is 121 Å². The Bertz CT molecular complexity index is 1330. The zero-order chi connectivity index (χ0) is 24.0. The Labute approximate surface area is 209 Å². The molecular formula is C30H24N4S. The van der Waals surface area contributed by atoms with Crippen molar-refractivity contribution >= 4 is 34.4 Å². The Balaban J connectivity index is 1.24. The predicted molar refractivity (Wildman–Crippen MR) is 149 cm³/mol. The average Bonchev–Trinajstić information content (AvgIpc) is 3.41. The Morgan fingerprint density at radius 3 is 1.20 bits per heavy atom. The van der Waals surface area contributed by atoms with Gasteiger partial charge in [-0.2, -0.15) is 0 Å². The molecule has 0 aliphatic carbocycles. The smallest absolute Gasteiger partial charge is 0.129 e. The maximum absolute atomic E-state index is 8.25. The van der Waals surface area contributed by atoms with Crippen LogP contribution >= 0.6 is 11.3 Å². The average molecular weight is 473 g/mol. The summed E-state index contributed by atoms with van der Waals surface area (Å²) in [5.74, 6) is 0.766. The lowest BCUT2D eigenvalue weighted by atomic mass is 10.1. The first-order valence-electron chi connectivity index (χ1n) is 11.3. The fraction of sp³-hybridized carbons (Fsp3) is 0. The molecule has 0 bridgehead atoms. The van der Waals surface area contributed by atoms with Crippen LogP contribution in [0.3, 0.4) is 0 Å². The molecule has 0 aliphatic heterocycles. The fourth-order valence-electron chi connectivity index (χ4n) is 3.73. The molecule has 0 fully saturated rings. The molecule has 4 N–H and O–H groups in total. The highest BCUT2D eigenvalue weighted by atomic mass is 32.1. The molecule has 0 radical (unpaired) electrons. The molecule has 4 nitrogen and oxygen atoms in total. The maximum Gasteiger partial charge on any atom is 0.129 e. The molecule has 0 atom stereocenters. The molecule has 0 saturated carbocycles. The second-order valence-corrected chi connectivity index (χ2v) is 9.13. The Morgan fingerprint density at radius 2 is 0.829 bits per heavy atom. The highest BCUT2D eigenvalue weighted by molar-refractivity contribution is 7.18. The van der Waals surface area contributed by atoms with Crippen molar-refractivity contribution in [3.63, 3.8) is 0 Å². The van der Waals surface area contributed by atoms with Gasteiger partial charge in [-0.1, -0.05) is 84.9 Å². The predicted octanol–water partition coefficient (Wildman–Crippen LogP) is 7.96. The molecular weight excluding hydrogens is 448 g/mol. The molecule has 170 valence electrons. The molecule has 5 rings (SSSR count). The zero-order valence-corrected chi connectivity index (χ0v) is 19.8. The summed E-state index contributed by atoms with van der Waals surface area (Å²) in [6.45, 7) is 0. The van der Waals surface area contributed by atoms with Crippen LogP contribution in [0.1, 0.15) is 11.1 Å². The van der Waals surface area contributed by atoms with E-state index in [-0.39, 0.29) is 0 Å². The van der Waals surface area contributed by atoms with Gasteiger partial charge in [-0.05, 0) is 47.5 Å². The van der Waals surface area contributed by atoms with Crippen LogP contribution in [-0.4, -0.2) is 11.7 Å². The summed E-state index contributed by atoms with van der Waals surface area (Å²) in [6.07, 6.45) is 0. The quantitative estimate of drug-likeness (QED) is 0.149. The van der Waals surface area contributed by atoms with Gasteiger partial charge in [0, 0.05) is 32.3 Å². The highest BCUT2D eigenvalue weighted by Gasteiger charge is 2.07. The van der Waals surface area contributed by atoms with E-state index in [2.05, 4.69) is 47.0 Å². The SMILES string of the molecule is N=C(Nc1ccc(-c2ccc(-c3ccc(NC(=N)c4ccccc4)cc3)s2)cc1)c1ccccc1. The van der Waals surface area contributed by atoms with E-state index in [4.69, 9.17) is 10.8 Å². The van der Waals surface area contributed by atoms with Crippen LogP contribution in [0, 0.1) is 10.8 Å². The number of thiophene rings is 1. The van der Waals surface area contributed by atoms with Crippen molar-refractivity contribution in [3.8, 4) is 20.9 Å². The monoisotopic (exact) mass is 472 g/mol. The van der Waals surface area contributed by atoms with Crippen molar-refractivity contribution in [1.29, 1.82) is 10.8 Å². The van der Waals surface area contributed by atoms with E-state index >= 15 is 0 Å². The number of rotatable bonds is 6. The molecule has 4 aromatic carbocycles. The van der Waals surface area contributed by atoms with Gasteiger partial charge in [0.1, 0.15) is 11.7 Å². The van der Waals surface area contributed by atoms with Gasteiger partial charge in [-0.3, -0.25) is 10.8 Å². The van der Waals surface area contributed by atoms with Crippen LogP contribution in [0.2, 0.25) is 0 Å². The summed E-state index contributed by atoms with van der Waals surface area (Å²) in [4.78, 5) is 2.38. The minimum Gasteiger partial charge on any atom is -0.340 e. The lowest BCUT2D eigenvalue weighted by Crippen LogP contribution is -2.11. The van der Waals surface area contributed by atoms with Crippen molar-refractivity contribution in [2.45, 2.75) is 0 Å². The summed E-state index contributed by atoms with van der Waals surface area (Å²) in [6, 6.07) is 40.0. The third-order valence-electron chi connectivity index (χ3n) is 5.61. The number of anilines is 2. The number of hydrogen-bond acceptors (Lipinski definition) is 3. The highest BCUT2D eigenvalue weighted by Crippen LogP contribution is 2.35. The topological polar surface area (TPSA) is 71.8 Å². The summed E-state index contributed by atoms with van der Waals surface area (Å²) >= 11 is 1.75. The largest absolute Gasteiger partial charge is 0.340 e. The van der Waals surface area contributed by atoms with E-state index in [0.717, 1.165) is 33.6 Å². The van der Waals surface area contributed by atoms with E-state index < -0.39 is 0 Å². The summed E-state index contributed by atoms with van der Waals surface area (Å²) < 4.78 is 0. The molecule has 1 heterocycles. The van der Waals surface area contributed by atoms with Crippen molar-refractivity contribution < 1.29 is 0 Å². The van der Waals surface area contributed by atoms with E-state index in [9.17, 15) is 0 Å². The molecule has 1 aromatic heterocycles. The second kappa shape index (κ2) is 10.2. The number of hydrogen-bond donors (Lipinski definition) is 4. The maximum atomic E-state index is 8.25. The summed E-state index contributed by atoms with van der Waals surface area (Å²) in [5.41, 5.74) is 5.79. The first-order chi connectivity index (χ1) is 17.2. The van der Waals surface area contributed by atoms with Gasteiger partial charge in [0.25, 0.3) is 0 Å². The molecule has 0 amide bonds. The van der Waals surface area contributed by atoms with E-state index in [1.165, 1.54) is 9.75 Å². The second-order valence-electron chi connectivity index (χ2n) is 8.05. The van der Waals surface area contributed by atoms with Crippen LogP contribution < -0.4 is 10.6 Å². The minimum atomic E-state index is 0.383. The minimum absolute atomic E-state index is 0.383. The van der Waals surface area contributed by atoms with E-state index in [1.807, 2.05) is 84.9 Å².